The number of rotatable bonds is 7. The highest BCUT2D eigenvalue weighted by molar-refractivity contribution is 6.08. The molecule has 0 radical (unpaired) electrons. The minimum atomic E-state index is -1.00. The van der Waals surface area contributed by atoms with E-state index in [-0.39, 0.29) is 17.9 Å². The van der Waals surface area contributed by atoms with Crippen LogP contribution in [0.3, 0.4) is 0 Å². The van der Waals surface area contributed by atoms with Crippen LogP contribution in [0.25, 0.3) is 33.2 Å². The lowest BCUT2D eigenvalue weighted by Gasteiger charge is -2.11. The molecule has 0 aliphatic rings. The van der Waals surface area contributed by atoms with E-state index in [1.54, 1.807) is 6.20 Å². The number of hydrogen-bond donors (Lipinski definition) is 2. The first-order valence-corrected chi connectivity index (χ1v) is 10.6. The number of benzene rings is 2. The van der Waals surface area contributed by atoms with Gasteiger partial charge in [-0.1, -0.05) is 18.2 Å². The Kier molecular flexibility index (Phi) is 5.86. The fraction of sp³-hybridized carbons (Fsp3) is 0.231. The van der Waals surface area contributed by atoms with Crippen LogP contribution in [0.15, 0.2) is 60.8 Å². The number of aromatic amines is 1. The van der Waals surface area contributed by atoms with Crippen LogP contribution in [0.4, 0.5) is 0 Å². The number of pyridine rings is 1. The summed E-state index contributed by atoms with van der Waals surface area (Å²) in [4.78, 5) is 19.4. The van der Waals surface area contributed by atoms with Gasteiger partial charge >= 0.3 is 5.97 Å². The highest BCUT2D eigenvalue weighted by Crippen LogP contribution is 2.36. The third kappa shape index (κ3) is 4.44. The van der Waals surface area contributed by atoms with Crippen LogP contribution >= 0.6 is 0 Å². The Labute approximate surface area is 186 Å². The Hall–Kier alpha value is -3.80. The van der Waals surface area contributed by atoms with Crippen molar-refractivity contribution in [1.82, 2.24) is 9.97 Å². The minimum absolute atomic E-state index is 0.0545. The van der Waals surface area contributed by atoms with Crippen LogP contribution in [0.5, 0.6) is 11.6 Å². The molecule has 6 nitrogen and oxygen atoms in total. The smallest absolute Gasteiger partial charge is 0.352 e. The number of aromatic carboxylic acids is 1. The van der Waals surface area contributed by atoms with E-state index in [4.69, 9.17) is 9.47 Å². The zero-order valence-electron chi connectivity index (χ0n) is 18.5. The summed E-state index contributed by atoms with van der Waals surface area (Å²) in [5.41, 5.74) is 4.24. The predicted octanol–water partition coefficient (Wildman–Crippen LogP) is 6.17. The fourth-order valence-corrected chi connectivity index (χ4v) is 3.67. The van der Waals surface area contributed by atoms with Gasteiger partial charge < -0.3 is 19.6 Å². The Bertz CT molecular complexity index is 1240. The van der Waals surface area contributed by atoms with E-state index in [2.05, 4.69) is 9.97 Å². The van der Waals surface area contributed by atoms with Crippen molar-refractivity contribution >= 4 is 16.9 Å². The molecule has 2 aromatic heterocycles. The van der Waals surface area contributed by atoms with Gasteiger partial charge in [0, 0.05) is 34.3 Å². The van der Waals surface area contributed by atoms with Crippen molar-refractivity contribution in [2.45, 2.75) is 39.9 Å². The van der Waals surface area contributed by atoms with E-state index in [0.717, 1.165) is 33.3 Å². The van der Waals surface area contributed by atoms with Crippen molar-refractivity contribution in [1.29, 1.82) is 0 Å². The molecule has 2 N–H and O–H groups in total. The zero-order chi connectivity index (χ0) is 22.8. The first-order valence-electron chi connectivity index (χ1n) is 10.6. The van der Waals surface area contributed by atoms with Gasteiger partial charge in [-0.2, -0.15) is 0 Å². The number of ether oxygens (including phenoxy) is 2. The van der Waals surface area contributed by atoms with Crippen molar-refractivity contribution in [3.8, 4) is 33.9 Å². The molecule has 4 rings (SSSR count). The van der Waals surface area contributed by atoms with Gasteiger partial charge in [0.25, 0.3) is 0 Å². The van der Waals surface area contributed by atoms with Crippen LogP contribution in [0, 0.1) is 0 Å². The Morgan fingerprint density at radius 1 is 0.875 bits per heavy atom. The molecular weight excluding hydrogens is 404 g/mol. The highest BCUT2D eigenvalue weighted by atomic mass is 16.5. The number of carbonyl (C=O) groups is 1. The normalized spacial score (nSPS) is 11.3. The maximum atomic E-state index is 12.0. The molecule has 164 valence electrons. The molecule has 6 heteroatoms. The number of nitrogens with one attached hydrogen (secondary N) is 1. The molecule has 2 heterocycles. The van der Waals surface area contributed by atoms with Crippen LogP contribution in [-0.4, -0.2) is 33.3 Å². The molecule has 0 saturated heterocycles. The third-order valence-electron chi connectivity index (χ3n) is 4.95. The van der Waals surface area contributed by atoms with E-state index in [1.165, 1.54) is 0 Å². The summed E-state index contributed by atoms with van der Waals surface area (Å²) in [6, 6.07) is 17.1. The molecule has 0 saturated carbocycles. The van der Waals surface area contributed by atoms with Gasteiger partial charge in [0.15, 0.2) is 0 Å². The standard InChI is InChI=1S/C26H26N2O4/c1-15(2)31-20-9-5-17(6-10-20)24-21-13-18(7-11-22(21)28-25(24)26(29)30)19-8-12-23(27-14-19)32-16(3)4/h5-16,28H,1-4H3,(H,29,30). The molecule has 0 atom stereocenters. The van der Waals surface area contributed by atoms with E-state index in [1.807, 2.05) is 82.3 Å². The average molecular weight is 431 g/mol. The maximum absolute atomic E-state index is 12.0. The monoisotopic (exact) mass is 430 g/mol. The van der Waals surface area contributed by atoms with Crippen LogP contribution < -0.4 is 9.47 Å². The summed E-state index contributed by atoms with van der Waals surface area (Å²) in [7, 11) is 0. The number of carboxylic acids is 1. The van der Waals surface area contributed by atoms with Gasteiger partial charge in [0.05, 0.1) is 12.2 Å². The van der Waals surface area contributed by atoms with Crippen molar-refractivity contribution in [3.63, 3.8) is 0 Å². The van der Waals surface area contributed by atoms with E-state index in [9.17, 15) is 9.90 Å². The summed E-state index contributed by atoms with van der Waals surface area (Å²) in [5.74, 6) is 0.317. The number of H-pyrrole nitrogens is 1. The largest absolute Gasteiger partial charge is 0.491 e. The Morgan fingerprint density at radius 2 is 1.53 bits per heavy atom. The summed E-state index contributed by atoms with van der Waals surface area (Å²) >= 11 is 0. The molecule has 0 fully saturated rings. The second-order valence-electron chi connectivity index (χ2n) is 8.18. The summed E-state index contributed by atoms with van der Waals surface area (Å²) in [5, 5.41) is 10.6. The van der Waals surface area contributed by atoms with Crippen LogP contribution in [0.2, 0.25) is 0 Å². The molecule has 0 spiro atoms. The molecule has 0 unspecified atom stereocenters. The molecule has 2 aromatic carbocycles. The molecule has 0 aliphatic carbocycles. The zero-order valence-corrected chi connectivity index (χ0v) is 18.5. The van der Waals surface area contributed by atoms with Crippen molar-refractivity contribution in [3.05, 3.63) is 66.5 Å². The van der Waals surface area contributed by atoms with Crippen molar-refractivity contribution in [2.75, 3.05) is 0 Å². The van der Waals surface area contributed by atoms with Gasteiger partial charge in [0.2, 0.25) is 5.88 Å². The van der Waals surface area contributed by atoms with Gasteiger partial charge in [-0.25, -0.2) is 9.78 Å². The lowest BCUT2D eigenvalue weighted by atomic mass is 9.98. The molecule has 4 aromatic rings. The van der Waals surface area contributed by atoms with E-state index < -0.39 is 5.97 Å². The number of aromatic nitrogens is 2. The van der Waals surface area contributed by atoms with E-state index >= 15 is 0 Å². The average Bonchev–Trinajstić information content (AvgIpc) is 3.13. The SMILES string of the molecule is CC(C)Oc1ccc(-c2c(C(=O)O)[nH]c3ccc(-c4ccc(OC(C)C)nc4)cc23)cc1. The molecule has 32 heavy (non-hydrogen) atoms. The Balaban J connectivity index is 1.78. The number of carboxylic acid groups (broad SMARTS) is 1. The van der Waals surface area contributed by atoms with Crippen molar-refractivity contribution < 1.29 is 19.4 Å². The number of nitrogens with zero attached hydrogens (tertiary/aromatic N) is 1. The third-order valence-corrected chi connectivity index (χ3v) is 4.95. The first kappa shape index (κ1) is 21.4. The first-order chi connectivity index (χ1) is 15.3. The van der Waals surface area contributed by atoms with Gasteiger partial charge in [-0.05, 0) is 69.2 Å². The number of hydrogen-bond acceptors (Lipinski definition) is 4. The van der Waals surface area contributed by atoms with E-state index in [0.29, 0.717) is 11.4 Å². The Morgan fingerprint density at radius 3 is 2.12 bits per heavy atom. The molecule has 0 bridgehead atoms. The van der Waals surface area contributed by atoms with Gasteiger partial charge in [0.1, 0.15) is 11.4 Å². The summed E-state index contributed by atoms with van der Waals surface area (Å²) < 4.78 is 11.3. The fourth-order valence-electron chi connectivity index (χ4n) is 3.67. The molecular formula is C26H26N2O4. The quantitative estimate of drug-likeness (QED) is 0.366. The van der Waals surface area contributed by atoms with Crippen molar-refractivity contribution in [2.24, 2.45) is 0 Å². The predicted molar refractivity (Wildman–Crippen MR) is 125 cm³/mol. The second kappa shape index (κ2) is 8.75. The van der Waals surface area contributed by atoms with Gasteiger partial charge in [-0.3, -0.25) is 0 Å². The van der Waals surface area contributed by atoms with Crippen LogP contribution in [-0.2, 0) is 0 Å². The minimum Gasteiger partial charge on any atom is -0.491 e. The number of fused-ring (bicyclic) bond motifs is 1. The summed E-state index contributed by atoms with van der Waals surface area (Å²) in [6.07, 6.45) is 1.89. The lowest BCUT2D eigenvalue weighted by molar-refractivity contribution is 0.0692. The second-order valence-corrected chi connectivity index (χ2v) is 8.18. The maximum Gasteiger partial charge on any atom is 0.352 e. The summed E-state index contributed by atoms with van der Waals surface area (Å²) in [6.45, 7) is 7.85. The molecule has 0 aliphatic heterocycles. The highest BCUT2D eigenvalue weighted by Gasteiger charge is 2.19. The van der Waals surface area contributed by atoms with Gasteiger partial charge in [-0.15, -0.1) is 0 Å². The lowest BCUT2D eigenvalue weighted by Crippen LogP contribution is -2.06. The topological polar surface area (TPSA) is 84.4 Å². The molecule has 0 amide bonds. The van der Waals surface area contributed by atoms with Crippen LogP contribution in [0.1, 0.15) is 38.2 Å².